The van der Waals surface area contributed by atoms with Crippen LogP contribution in [-0.4, -0.2) is 44.1 Å². The van der Waals surface area contributed by atoms with Crippen LogP contribution in [-0.2, 0) is 9.59 Å². The van der Waals surface area contributed by atoms with Crippen LogP contribution in [0.25, 0.3) is 0 Å². The van der Waals surface area contributed by atoms with E-state index in [0.717, 1.165) is 38.8 Å². The SMILES string of the molecule is Cl.O=C(CCC1CCNCC1)NC1CCCN(c2ccc(OC(F)F)cc2)C1=O. The fourth-order valence-corrected chi connectivity index (χ4v) is 3.85. The fourth-order valence-electron chi connectivity index (χ4n) is 3.85. The number of hydrogen-bond acceptors (Lipinski definition) is 4. The predicted molar refractivity (Wildman–Crippen MR) is 109 cm³/mol. The Bertz CT molecular complexity index is 669. The summed E-state index contributed by atoms with van der Waals surface area (Å²) >= 11 is 0. The monoisotopic (exact) mass is 431 g/mol. The van der Waals surface area contributed by atoms with Gasteiger partial charge in [-0.05, 0) is 75.4 Å². The summed E-state index contributed by atoms with van der Waals surface area (Å²) in [4.78, 5) is 26.7. The second-order valence-corrected chi connectivity index (χ2v) is 7.36. The number of piperidine rings is 2. The maximum absolute atomic E-state index is 12.8. The number of alkyl halides is 2. The highest BCUT2D eigenvalue weighted by atomic mass is 35.5. The highest BCUT2D eigenvalue weighted by Crippen LogP contribution is 2.25. The molecule has 2 aliphatic heterocycles. The van der Waals surface area contributed by atoms with Gasteiger partial charge in [0.2, 0.25) is 11.8 Å². The van der Waals surface area contributed by atoms with Crippen LogP contribution in [0.3, 0.4) is 0 Å². The van der Waals surface area contributed by atoms with Gasteiger partial charge in [-0.25, -0.2) is 0 Å². The average Bonchev–Trinajstić information content (AvgIpc) is 2.69. The van der Waals surface area contributed by atoms with Crippen LogP contribution < -0.4 is 20.3 Å². The van der Waals surface area contributed by atoms with Crippen LogP contribution in [0.4, 0.5) is 14.5 Å². The van der Waals surface area contributed by atoms with Crippen LogP contribution in [0.15, 0.2) is 24.3 Å². The van der Waals surface area contributed by atoms with Crippen LogP contribution in [0.5, 0.6) is 5.75 Å². The first-order valence-corrected chi connectivity index (χ1v) is 9.89. The van der Waals surface area contributed by atoms with E-state index in [1.165, 1.54) is 12.1 Å². The molecule has 1 aromatic rings. The number of halogens is 3. The number of nitrogens with zero attached hydrogens (tertiary/aromatic N) is 1. The number of carbonyl (C=O) groups excluding carboxylic acids is 2. The maximum Gasteiger partial charge on any atom is 0.387 e. The van der Waals surface area contributed by atoms with E-state index in [9.17, 15) is 18.4 Å². The normalized spacial score (nSPS) is 20.3. The number of amides is 2. The van der Waals surface area contributed by atoms with E-state index in [0.29, 0.717) is 31.0 Å². The molecule has 2 aliphatic rings. The van der Waals surface area contributed by atoms with E-state index in [1.807, 2.05) is 0 Å². The quantitative estimate of drug-likeness (QED) is 0.696. The smallest absolute Gasteiger partial charge is 0.387 e. The Hall–Kier alpha value is -1.93. The largest absolute Gasteiger partial charge is 0.435 e. The van der Waals surface area contributed by atoms with E-state index in [1.54, 1.807) is 17.0 Å². The van der Waals surface area contributed by atoms with E-state index in [-0.39, 0.29) is 30.0 Å². The minimum atomic E-state index is -2.88. The molecule has 9 heteroatoms. The summed E-state index contributed by atoms with van der Waals surface area (Å²) in [7, 11) is 0. The van der Waals surface area contributed by atoms with Gasteiger partial charge >= 0.3 is 6.61 Å². The summed E-state index contributed by atoms with van der Waals surface area (Å²) in [5, 5.41) is 6.19. The van der Waals surface area contributed by atoms with Gasteiger partial charge in [0.25, 0.3) is 0 Å². The molecule has 0 bridgehead atoms. The fraction of sp³-hybridized carbons (Fsp3) is 0.600. The number of ether oxygens (including phenoxy) is 1. The second kappa shape index (κ2) is 11.3. The molecule has 6 nitrogen and oxygen atoms in total. The average molecular weight is 432 g/mol. The molecule has 2 heterocycles. The standard InChI is InChI=1S/C20H27F2N3O3.ClH/c21-20(22)28-16-6-4-15(5-7-16)25-13-1-2-17(19(25)27)24-18(26)8-3-14-9-11-23-12-10-14;/h4-7,14,17,20,23H,1-3,8-13H2,(H,24,26);1H. The van der Waals surface area contributed by atoms with Crippen LogP contribution in [0, 0.1) is 5.92 Å². The van der Waals surface area contributed by atoms with Gasteiger partial charge in [-0.3, -0.25) is 9.59 Å². The van der Waals surface area contributed by atoms with Crippen LogP contribution in [0.2, 0.25) is 0 Å². The van der Waals surface area contributed by atoms with Crippen molar-refractivity contribution >= 4 is 29.9 Å². The molecule has 2 saturated heterocycles. The van der Waals surface area contributed by atoms with Gasteiger partial charge < -0.3 is 20.3 Å². The van der Waals surface area contributed by atoms with Gasteiger partial charge in [0.05, 0.1) is 0 Å². The lowest BCUT2D eigenvalue weighted by Gasteiger charge is -2.33. The number of carbonyl (C=O) groups is 2. The summed E-state index contributed by atoms with van der Waals surface area (Å²) in [6.45, 7) is -0.338. The van der Waals surface area contributed by atoms with Gasteiger partial charge in [-0.1, -0.05) is 0 Å². The first kappa shape index (κ1) is 23.3. The number of rotatable bonds is 7. The van der Waals surface area contributed by atoms with Crippen molar-refractivity contribution < 1.29 is 23.1 Å². The molecule has 0 saturated carbocycles. The zero-order valence-electron chi connectivity index (χ0n) is 16.2. The zero-order chi connectivity index (χ0) is 19.9. The molecule has 0 aromatic heterocycles. The van der Waals surface area contributed by atoms with Gasteiger partial charge in [0.1, 0.15) is 11.8 Å². The summed E-state index contributed by atoms with van der Waals surface area (Å²) < 4.78 is 28.9. The summed E-state index contributed by atoms with van der Waals surface area (Å²) in [5.74, 6) is 0.369. The minimum absolute atomic E-state index is 0. The van der Waals surface area contributed by atoms with Crippen LogP contribution >= 0.6 is 12.4 Å². The first-order chi connectivity index (χ1) is 13.5. The molecule has 1 aromatic carbocycles. The molecular formula is C20H28ClF2N3O3. The lowest BCUT2D eigenvalue weighted by Crippen LogP contribution is -2.52. The molecule has 1 unspecified atom stereocenters. The van der Waals surface area contributed by atoms with Crippen LogP contribution in [0.1, 0.15) is 38.5 Å². The molecule has 0 spiro atoms. The Labute approximate surface area is 175 Å². The number of nitrogens with one attached hydrogen (secondary N) is 2. The highest BCUT2D eigenvalue weighted by molar-refractivity contribution is 5.99. The summed E-state index contributed by atoms with van der Waals surface area (Å²) in [5.41, 5.74) is 0.611. The maximum atomic E-state index is 12.8. The molecule has 0 radical (unpaired) electrons. The second-order valence-electron chi connectivity index (χ2n) is 7.36. The Kier molecular flexibility index (Phi) is 9.10. The zero-order valence-corrected chi connectivity index (χ0v) is 17.1. The molecular weight excluding hydrogens is 404 g/mol. The molecule has 2 fully saturated rings. The number of benzene rings is 1. The third-order valence-corrected chi connectivity index (χ3v) is 5.39. The third kappa shape index (κ3) is 6.82. The van der Waals surface area contributed by atoms with Crippen molar-refractivity contribution in [1.29, 1.82) is 0 Å². The topological polar surface area (TPSA) is 70.7 Å². The van der Waals surface area contributed by atoms with Gasteiger partial charge in [-0.15, -0.1) is 12.4 Å². The molecule has 162 valence electrons. The molecule has 3 rings (SSSR count). The van der Waals surface area contributed by atoms with Crippen molar-refractivity contribution in [1.82, 2.24) is 10.6 Å². The first-order valence-electron chi connectivity index (χ1n) is 9.89. The van der Waals surface area contributed by atoms with Crippen molar-refractivity contribution in [3.63, 3.8) is 0 Å². The van der Waals surface area contributed by atoms with Crippen molar-refractivity contribution in [2.24, 2.45) is 5.92 Å². The lowest BCUT2D eigenvalue weighted by atomic mass is 9.93. The number of hydrogen-bond donors (Lipinski definition) is 2. The van der Waals surface area contributed by atoms with Gasteiger partial charge in [0.15, 0.2) is 0 Å². The lowest BCUT2D eigenvalue weighted by molar-refractivity contribution is -0.128. The van der Waals surface area contributed by atoms with E-state index in [4.69, 9.17) is 0 Å². The summed E-state index contributed by atoms with van der Waals surface area (Å²) in [6.07, 6.45) is 4.85. The molecule has 2 N–H and O–H groups in total. The van der Waals surface area contributed by atoms with E-state index in [2.05, 4.69) is 15.4 Å². The Balaban J connectivity index is 0.00000300. The Morgan fingerprint density at radius 3 is 2.55 bits per heavy atom. The number of anilines is 1. The van der Waals surface area contributed by atoms with Crippen molar-refractivity contribution in [3.8, 4) is 5.75 Å². The van der Waals surface area contributed by atoms with Gasteiger partial charge in [0, 0.05) is 18.7 Å². The molecule has 29 heavy (non-hydrogen) atoms. The van der Waals surface area contributed by atoms with E-state index < -0.39 is 12.7 Å². The molecule has 1 atom stereocenters. The molecule has 0 aliphatic carbocycles. The van der Waals surface area contributed by atoms with E-state index >= 15 is 0 Å². The van der Waals surface area contributed by atoms with Gasteiger partial charge in [-0.2, -0.15) is 8.78 Å². The minimum Gasteiger partial charge on any atom is -0.435 e. The van der Waals surface area contributed by atoms with Crippen molar-refractivity contribution in [2.45, 2.75) is 51.2 Å². The summed E-state index contributed by atoms with van der Waals surface area (Å²) in [6, 6.07) is 5.45. The Morgan fingerprint density at radius 1 is 1.21 bits per heavy atom. The molecule has 2 amide bonds. The Morgan fingerprint density at radius 2 is 1.90 bits per heavy atom. The van der Waals surface area contributed by atoms with Crippen molar-refractivity contribution in [2.75, 3.05) is 24.5 Å². The predicted octanol–water partition coefficient (Wildman–Crippen LogP) is 3.10. The third-order valence-electron chi connectivity index (χ3n) is 5.39. The van der Waals surface area contributed by atoms with Crippen molar-refractivity contribution in [3.05, 3.63) is 24.3 Å². The highest BCUT2D eigenvalue weighted by Gasteiger charge is 2.31.